The summed E-state index contributed by atoms with van der Waals surface area (Å²) in [6.07, 6.45) is 2.81. The average molecular weight is 338 g/mol. The van der Waals surface area contributed by atoms with Crippen LogP contribution in [0.3, 0.4) is 0 Å². The molecule has 2 aromatic rings. The number of benzene rings is 1. The molecule has 0 unspecified atom stereocenters. The summed E-state index contributed by atoms with van der Waals surface area (Å²) in [6, 6.07) is 14.3. The summed E-state index contributed by atoms with van der Waals surface area (Å²) in [4.78, 5) is 18.8. The molecule has 1 aliphatic rings. The van der Waals surface area contributed by atoms with Gasteiger partial charge in [-0.05, 0) is 43.5 Å². The Kier molecular flexibility index (Phi) is 5.66. The number of hydrogen-bond acceptors (Lipinski definition) is 3. The van der Waals surface area contributed by atoms with Crippen LogP contribution >= 0.6 is 0 Å². The van der Waals surface area contributed by atoms with E-state index in [-0.39, 0.29) is 12.1 Å². The first-order chi connectivity index (χ1) is 12.1. The third kappa shape index (κ3) is 4.57. The Balaban J connectivity index is 1.46. The summed E-state index contributed by atoms with van der Waals surface area (Å²) in [5, 5.41) is 5.92. The minimum Gasteiger partial charge on any atom is -0.337 e. The molecule has 3 rings (SSSR count). The third-order valence-electron chi connectivity index (χ3n) is 4.82. The standard InChI is InChI=1S/C20H26N4O/c1-15(24-12-10-17-7-3-4-8-18(17)14-24)13-22-20(25)23-16(2)19-9-5-6-11-21-19/h3-9,11,15-16H,10,12-14H2,1-2H3,(H2,22,23,25)/t15-,16+/m0/s1. The molecular weight excluding hydrogens is 312 g/mol. The first-order valence-electron chi connectivity index (χ1n) is 8.89. The lowest BCUT2D eigenvalue weighted by molar-refractivity contribution is 0.184. The van der Waals surface area contributed by atoms with Gasteiger partial charge in [-0.2, -0.15) is 0 Å². The lowest BCUT2D eigenvalue weighted by Gasteiger charge is -2.33. The SMILES string of the molecule is C[C@@H](NC(=O)NC[C@H](C)N1CCc2ccccc2C1)c1ccccn1. The van der Waals surface area contributed by atoms with E-state index in [9.17, 15) is 4.79 Å². The first-order valence-corrected chi connectivity index (χ1v) is 8.89. The minimum absolute atomic E-state index is 0.113. The second-order valence-electron chi connectivity index (χ2n) is 6.67. The molecule has 0 radical (unpaired) electrons. The Labute approximate surface area is 149 Å². The number of rotatable bonds is 5. The number of hydrogen-bond donors (Lipinski definition) is 2. The zero-order valence-corrected chi connectivity index (χ0v) is 14.9. The molecule has 1 aromatic heterocycles. The number of aromatic nitrogens is 1. The molecule has 1 aliphatic heterocycles. The Morgan fingerprint density at radius 1 is 1.16 bits per heavy atom. The van der Waals surface area contributed by atoms with E-state index in [2.05, 4.69) is 51.7 Å². The van der Waals surface area contributed by atoms with E-state index in [1.165, 1.54) is 11.1 Å². The van der Waals surface area contributed by atoms with Crippen LogP contribution in [0.2, 0.25) is 0 Å². The molecule has 0 saturated heterocycles. The van der Waals surface area contributed by atoms with E-state index in [0.717, 1.165) is 25.2 Å². The zero-order valence-electron chi connectivity index (χ0n) is 14.9. The highest BCUT2D eigenvalue weighted by atomic mass is 16.2. The van der Waals surface area contributed by atoms with Crippen molar-refractivity contribution in [2.24, 2.45) is 0 Å². The Morgan fingerprint density at radius 2 is 1.92 bits per heavy atom. The van der Waals surface area contributed by atoms with E-state index in [1.807, 2.05) is 25.1 Å². The van der Waals surface area contributed by atoms with Crippen LogP contribution in [-0.2, 0) is 13.0 Å². The van der Waals surface area contributed by atoms with Gasteiger partial charge in [0.1, 0.15) is 0 Å². The minimum atomic E-state index is -0.151. The van der Waals surface area contributed by atoms with Crippen molar-refractivity contribution in [2.45, 2.75) is 38.9 Å². The van der Waals surface area contributed by atoms with Gasteiger partial charge in [-0.15, -0.1) is 0 Å². The van der Waals surface area contributed by atoms with Crippen LogP contribution in [0.1, 0.15) is 36.7 Å². The van der Waals surface area contributed by atoms with E-state index in [1.54, 1.807) is 6.20 Å². The maximum atomic E-state index is 12.1. The van der Waals surface area contributed by atoms with Crippen molar-refractivity contribution in [2.75, 3.05) is 13.1 Å². The molecule has 1 aromatic carbocycles. The molecule has 0 fully saturated rings. The number of fused-ring (bicyclic) bond motifs is 1. The smallest absolute Gasteiger partial charge is 0.315 e. The van der Waals surface area contributed by atoms with Gasteiger partial charge < -0.3 is 10.6 Å². The van der Waals surface area contributed by atoms with Crippen LogP contribution in [0.4, 0.5) is 4.79 Å². The molecule has 5 heteroatoms. The van der Waals surface area contributed by atoms with Gasteiger partial charge in [0.15, 0.2) is 0 Å². The number of pyridine rings is 1. The average Bonchev–Trinajstić information content (AvgIpc) is 2.66. The predicted molar refractivity (Wildman–Crippen MR) is 99.2 cm³/mol. The molecule has 2 heterocycles. The summed E-state index contributed by atoms with van der Waals surface area (Å²) in [6.45, 7) is 6.71. The first kappa shape index (κ1) is 17.4. The molecule has 2 amide bonds. The van der Waals surface area contributed by atoms with Crippen molar-refractivity contribution in [3.63, 3.8) is 0 Å². The monoisotopic (exact) mass is 338 g/mol. The summed E-state index contributed by atoms with van der Waals surface area (Å²) < 4.78 is 0. The van der Waals surface area contributed by atoms with Crippen molar-refractivity contribution >= 4 is 6.03 Å². The summed E-state index contributed by atoms with van der Waals surface area (Å²) in [7, 11) is 0. The van der Waals surface area contributed by atoms with Crippen LogP contribution in [0.5, 0.6) is 0 Å². The van der Waals surface area contributed by atoms with Gasteiger partial charge in [0.05, 0.1) is 11.7 Å². The molecule has 132 valence electrons. The summed E-state index contributed by atoms with van der Waals surface area (Å²) in [5.74, 6) is 0. The fourth-order valence-corrected chi connectivity index (χ4v) is 3.22. The number of nitrogens with one attached hydrogen (secondary N) is 2. The highest BCUT2D eigenvalue weighted by Crippen LogP contribution is 2.19. The molecule has 5 nitrogen and oxygen atoms in total. The van der Waals surface area contributed by atoms with Crippen LogP contribution in [0.25, 0.3) is 0 Å². The van der Waals surface area contributed by atoms with Crippen LogP contribution in [0, 0.1) is 0 Å². The molecular formula is C20H26N4O. The van der Waals surface area contributed by atoms with Gasteiger partial charge in [-0.1, -0.05) is 30.3 Å². The Bertz CT molecular complexity index is 704. The van der Waals surface area contributed by atoms with E-state index in [0.29, 0.717) is 12.6 Å². The normalized spacial score (nSPS) is 16.6. The number of nitrogens with zero attached hydrogens (tertiary/aromatic N) is 2. The predicted octanol–water partition coefficient (Wildman–Crippen LogP) is 2.89. The second kappa shape index (κ2) is 8.12. The van der Waals surface area contributed by atoms with E-state index in [4.69, 9.17) is 0 Å². The number of urea groups is 1. The third-order valence-corrected chi connectivity index (χ3v) is 4.82. The van der Waals surface area contributed by atoms with Crippen LogP contribution in [-0.4, -0.2) is 35.0 Å². The highest BCUT2D eigenvalue weighted by molar-refractivity contribution is 5.74. The molecule has 0 bridgehead atoms. The summed E-state index contributed by atoms with van der Waals surface area (Å²) >= 11 is 0. The van der Waals surface area contributed by atoms with Gasteiger partial charge in [0.2, 0.25) is 0 Å². The molecule has 0 spiro atoms. The van der Waals surface area contributed by atoms with Crippen molar-refractivity contribution in [3.8, 4) is 0 Å². The van der Waals surface area contributed by atoms with Crippen molar-refractivity contribution in [1.82, 2.24) is 20.5 Å². The topological polar surface area (TPSA) is 57.3 Å². The molecule has 0 saturated carbocycles. The lowest BCUT2D eigenvalue weighted by Crippen LogP contribution is -2.47. The Morgan fingerprint density at radius 3 is 2.68 bits per heavy atom. The molecule has 25 heavy (non-hydrogen) atoms. The van der Waals surface area contributed by atoms with E-state index < -0.39 is 0 Å². The number of amides is 2. The largest absolute Gasteiger partial charge is 0.337 e. The van der Waals surface area contributed by atoms with E-state index >= 15 is 0 Å². The maximum absolute atomic E-state index is 12.1. The maximum Gasteiger partial charge on any atom is 0.315 e. The van der Waals surface area contributed by atoms with Crippen molar-refractivity contribution < 1.29 is 4.79 Å². The van der Waals surface area contributed by atoms with Gasteiger partial charge in [0, 0.05) is 31.9 Å². The lowest BCUT2D eigenvalue weighted by atomic mass is 9.99. The van der Waals surface area contributed by atoms with Crippen molar-refractivity contribution in [1.29, 1.82) is 0 Å². The number of carbonyl (C=O) groups excluding carboxylic acids is 1. The number of carbonyl (C=O) groups is 1. The fraction of sp³-hybridized carbons (Fsp3) is 0.400. The van der Waals surface area contributed by atoms with Crippen LogP contribution < -0.4 is 10.6 Å². The van der Waals surface area contributed by atoms with Gasteiger partial charge >= 0.3 is 6.03 Å². The quantitative estimate of drug-likeness (QED) is 0.881. The Hall–Kier alpha value is -2.40. The molecule has 2 atom stereocenters. The van der Waals surface area contributed by atoms with Gasteiger partial charge in [0.25, 0.3) is 0 Å². The molecule has 0 aliphatic carbocycles. The summed E-state index contributed by atoms with van der Waals surface area (Å²) in [5.41, 5.74) is 3.70. The second-order valence-corrected chi connectivity index (χ2v) is 6.67. The zero-order chi connectivity index (χ0) is 17.6. The fourth-order valence-electron chi connectivity index (χ4n) is 3.22. The van der Waals surface area contributed by atoms with Crippen molar-refractivity contribution in [3.05, 3.63) is 65.5 Å². The highest BCUT2D eigenvalue weighted by Gasteiger charge is 2.21. The van der Waals surface area contributed by atoms with Crippen LogP contribution in [0.15, 0.2) is 48.7 Å². The molecule has 2 N–H and O–H groups in total. The van der Waals surface area contributed by atoms with Gasteiger partial charge in [-0.25, -0.2) is 4.79 Å². The van der Waals surface area contributed by atoms with Gasteiger partial charge in [-0.3, -0.25) is 9.88 Å².